The van der Waals surface area contributed by atoms with Crippen LogP contribution in [-0.2, 0) is 11.7 Å². The average Bonchev–Trinajstić information content (AvgIpc) is 1.99. The van der Waals surface area contributed by atoms with E-state index in [0.29, 0.717) is 5.56 Å². The minimum atomic E-state index is -4.31. The van der Waals surface area contributed by atoms with Crippen molar-refractivity contribution < 1.29 is 13.2 Å². The van der Waals surface area contributed by atoms with Crippen LogP contribution in [0.1, 0.15) is 30.5 Å². The molecule has 0 heterocycles. The van der Waals surface area contributed by atoms with Gasteiger partial charge in [-0.2, -0.15) is 13.2 Å². The third kappa shape index (κ3) is 2.50. The van der Waals surface area contributed by atoms with Gasteiger partial charge in [0.25, 0.3) is 0 Å². The number of hydrogen-bond acceptors (Lipinski definition) is 1. The molecule has 2 N–H and O–H groups in total. The summed E-state index contributed by atoms with van der Waals surface area (Å²) >= 11 is 0. The smallest absolute Gasteiger partial charge is 0.322 e. The van der Waals surface area contributed by atoms with E-state index in [4.69, 9.17) is 5.73 Å². The Kier molecular flexibility index (Phi) is 2.83. The van der Waals surface area contributed by atoms with Gasteiger partial charge in [0.2, 0.25) is 0 Å². The van der Waals surface area contributed by atoms with Crippen molar-refractivity contribution >= 4 is 0 Å². The van der Waals surface area contributed by atoms with Crippen LogP contribution in [0.3, 0.4) is 0 Å². The molecule has 0 radical (unpaired) electrons. The minimum absolute atomic E-state index is 0.206. The molecule has 0 spiro atoms. The van der Waals surface area contributed by atoms with Gasteiger partial charge in [0.15, 0.2) is 0 Å². The van der Waals surface area contributed by atoms with Crippen LogP contribution in [0.15, 0.2) is 18.2 Å². The van der Waals surface area contributed by atoms with Gasteiger partial charge in [-0.3, -0.25) is 0 Å². The lowest BCUT2D eigenvalue weighted by Crippen LogP contribution is -2.30. The molecule has 0 fully saturated rings. The van der Waals surface area contributed by atoms with Crippen LogP contribution in [0.25, 0.3) is 0 Å². The summed E-state index contributed by atoms with van der Waals surface area (Å²) in [7, 11) is 0. The third-order valence-electron chi connectivity index (χ3n) is 2.33. The van der Waals surface area contributed by atoms with Gasteiger partial charge < -0.3 is 5.73 Å². The molecule has 1 nitrogen and oxygen atoms in total. The minimum Gasteiger partial charge on any atom is -0.322 e. The standard InChI is InChI=1S/C11H14F3N/c1-7-8(10(2,3)15)5-4-6-9(7)11(12,13)14/h4-6H,15H2,1-3H3. The Hall–Kier alpha value is -1.03. The fraction of sp³-hybridized carbons (Fsp3) is 0.455. The number of benzene rings is 1. The predicted molar refractivity (Wildman–Crippen MR) is 53.4 cm³/mol. The highest BCUT2D eigenvalue weighted by atomic mass is 19.4. The average molecular weight is 217 g/mol. The van der Waals surface area contributed by atoms with Crippen molar-refractivity contribution in [3.63, 3.8) is 0 Å². The molecular weight excluding hydrogens is 203 g/mol. The van der Waals surface area contributed by atoms with E-state index in [-0.39, 0.29) is 5.56 Å². The van der Waals surface area contributed by atoms with Crippen LogP contribution >= 0.6 is 0 Å². The van der Waals surface area contributed by atoms with Crippen molar-refractivity contribution in [3.8, 4) is 0 Å². The first-order valence-electron chi connectivity index (χ1n) is 4.60. The van der Waals surface area contributed by atoms with Gasteiger partial charge in [0.05, 0.1) is 5.56 Å². The molecule has 0 amide bonds. The van der Waals surface area contributed by atoms with Crippen molar-refractivity contribution in [3.05, 3.63) is 34.9 Å². The van der Waals surface area contributed by atoms with Crippen molar-refractivity contribution in [1.82, 2.24) is 0 Å². The van der Waals surface area contributed by atoms with Crippen molar-refractivity contribution in [2.75, 3.05) is 0 Å². The molecule has 0 saturated carbocycles. The van der Waals surface area contributed by atoms with E-state index in [1.165, 1.54) is 13.0 Å². The molecule has 4 heteroatoms. The Morgan fingerprint density at radius 1 is 1.07 bits per heavy atom. The molecule has 84 valence electrons. The molecule has 0 unspecified atom stereocenters. The molecule has 0 atom stereocenters. The van der Waals surface area contributed by atoms with E-state index < -0.39 is 17.3 Å². The van der Waals surface area contributed by atoms with Gasteiger partial charge in [0, 0.05) is 5.54 Å². The maximum absolute atomic E-state index is 12.6. The third-order valence-corrected chi connectivity index (χ3v) is 2.33. The zero-order chi connectivity index (χ0) is 11.9. The van der Waals surface area contributed by atoms with E-state index in [2.05, 4.69) is 0 Å². The van der Waals surface area contributed by atoms with Crippen LogP contribution in [-0.4, -0.2) is 0 Å². The Morgan fingerprint density at radius 2 is 1.53 bits per heavy atom. The second kappa shape index (κ2) is 3.52. The van der Waals surface area contributed by atoms with Crippen molar-refractivity contribution in [1.29, 1.82) is 0 Å². The van der Waals surface area contributed by atoms with Gasteiger partial charge in [-0.05, 0) is 38.0 Å². The summed E-state index contributed by atoms with van der Waals surface area (Å²) < 4.78 is 37.7. The van der Waals surface area contributed by atoms with E-state index >= 15 is 0 Å². The van der Waals surface area contributed by atoms with Crippen LogP contribution in [0, 0.1) is 6.92 Å². The summed E-state index contributed by atoms with van der Waals surface area (Å²) in [6.45, 7) is 4.83. The fourth-order valence-electron chi connectivity index (χ4n) is 1.64. The first-order valence-corrected chi connectivity index (χ1v) is 4.60. The quantitative estimate of drug-likeness (QED) is 0.768. The second-order valence-electron chi connectivity index (χ2n) is 4.20. The Labute approximate surface area is 87.1 Å². The first-order chi connectivity index (χ1) is 6.64. The van der Waals surface area contributed by atoms with Crippen LogP contribution in [0.5, 0.6) is 0 Å². The Bertz CT molecular complexity index is 329. The van der Waals surface area contributed by atoms with Gasteiger partial charge in [-0.25, -0.2) is 0 Å². The summed E-state index contributed by atoms with van der Waals surface area (Å²) in [5.74, 6) is 0. The summed E-state index contributed by atoms with van der Waals surface area (Å²) in [5, 5.41) is 0. The molecule has 0 saturated heterocycles. The van der Waals surface area contributed by atoms with Crippen molar-refractivity contribution in [2.45, 2.75) is 32.5 Å². The van der Waals surface area contributed by atoms with Crippen molar-refractivity contribution in [2.24, 2.45) is 5.73 Å². The fourth-order valence-corrected chi connectivity index (χ4v) is 1.64. The Morgan fingerprint density at radius 3 is 1.93 bits per heavy atom. The van der Waals surface area contributed by atoms with Gasteiger partial charge >= 0.3 is 6.18 Å². The maximum atomic E-state index is 12.6. The largest absolute Gasteiger partial charge is 0.416 e. The molecule has 1 rings (SSSR count). The van der Waals surface area contributed by atoms with E-state index in [1.807, 2.05) is 0 Å². The highest BCUT2D eigenvalue weighted by molar-refractivity contribution is 5.39. The first kappa shape index (κ1) is 12.0. The summed E-state index contributed by atoms with van der Waals surface area (Å²) in [5.41, 5.74) is 5.16. The lowest BCUT2D eigenvalue weighted by molar-refractivity contribution is -0.138. The van der Waals surface area contributed by atoms with E-state index in [9.17, 15) is 13.2 Å². The normalized spacial score (nSPS) is 13.0. The Balaban J connectivity index is 3.37. The molecular formula is C11H14F3N. The topological polar surface area (TPSA) is 26.0 Å². The molecule has 0 aliphatic heterocycles. The van der Waals surface area contributed by atoms with Crippen LogP contribution in [0.2, 0.25) is 0 Å². The number of hydrogen-bond donors (Lipinski definition) is 1. The molecule has 0 aromatic heterocycles. The summed E-state index contributed by atoms with van der Waals surface area (Å²) in [6, 6.07) is 4.09. The molecule has 0 bridgehead atoms. The number of rotatable bonds is 1. The molecule has 15 heavy (non-hydrogen) atoms. The lowest BCUT2D eigenvalue weighted by atomic mass is 9.89. The second-order valence-corrected chi connectivity index (χ2v) is 4.20. The predicted octanol–water partition coefficient (Wildman–Crippen LogP) is 3.21. The van der Waals surface area contributed by atoms with Crippen LogP contribution in [0.4, 0.5) is 13.2 Å². The number of nitrogens with two attached hydrogens (primary N) is 1. The zero-order valence-corrected chi connectivity index (χ0v) is 8.94. The monoisotopic (exact) mass is 217 g/mol. The SMILES string of the molecule is Cc1c(C(C)(C)N)cccc1C(F)(F)F. The molecule has 0 aliphatic rings. The summed E-state index contributed by atoms with van der Waals surface area (Å²) in [4.78, 5) is 0. The van der Waals surface area contributed by atoms with E-state index in [0.717, 1.165) is 6.07 Å². The lowest BCUT2D eigenvalue weighted by Gasteiger charge is -2.23. The number of alkyl halides is 3. The molecule has 1 aromatic carbocycles. The molecule has 0 aliphatic carbocycles. The highest BCUT2D eigenvalue weighted by Crippen LogP contribution is 2.35. The summed E-state index contributed by atoms with van der Waals surface area (Å²) in [6.07, 6.45) is -4.31. The van der Waals surface area contributed by atoms with Crippen LogP contribution < -0.4 is 5.73 Å². The van der Waals surface area contributed by atoms with Gasteiger partial charge in [0.1, 0.15) is 0 Å². The number of halogens is 3. The van der Waals surface area contributed by atoms with Gasteiger partial charge in [-0.1, -0.05) is 12.1 Å². The maximum Gasteiger partial charge on any atom is 0.416 e. The van der Waals surface area contributed by atoms with E-state index in [1.54, 1.807) is 19.9 Å². The van der Waals surface area contributed by atoms with Gasteiger partial charge in [-0.15, -0.1) is 0 Å². The highest BCUT2D eigenvalue weighted by Gasteiger charge is 2.34. The zero-order valence-electron chi connectivity index (χ0n) is 8.94. The molecule has 1 aromatic rings.